The number of fused-ring (bicyclic) bond motifs is 2. The van der Waals surface area contributed by atoms with Crippen molar-refractivity contribution in [2.45, 2.75) is 63.8 Å². The summed E-state index contributed by atoms with van der Waals surface area (Å²) in [6, 6.07) is 0.259. The first kappa shape index (κ1) is 14.9. The lowest BCUT2D eigenvalue weighted by Gasteiger charge is -2.30. The van der Waals surface area contributed by atoms with Crippen LogP contribution in [0.1, 0.15) is 57.8 Å². The van der Waals surface area contributed by atoms with E-state index in [1.807, 2.05) is 4.90 Å². The number of nitrogens with zero attached hydrogens (tertiary/aromatic N) is 1. The minimum absolute atomic E-state index is 0.140. The third kappa shape index (κ3) is 3.24. The van der Waals surface area contributed by atoms with Gasteiger partial charge in [-0.05, 0) is 49.9 Å². The molecule has 3 fully saturated rings. The lowest BCUT2D eigenvalue weighted by Crippen LogP contribution is -2.43. The van der Waals surface area contributed by atoms with E-state index in [1.165, 1.54) is 45.6 Å². The number of hydrogen-bond donors (Lipinski definition) is 0. The van der Waals surface area contributed by atoms with Gasteiger partial charge in [0.05, 0.1) is 7.11 Å². The Bertz CT molecular complexity index is 403. The van der Waals surface area contributed by atoms with Gasteiger partial charge in [-0.2, -0.15) is 0 Å². The summed E-state index contributed by atoms with van der Waals surface area (Å²) in [5.41, 5.74) is 0. The largest absolute Gasteiger partial charge is 0.468 e. The Hall–Kier alpha value is -1.06. The molecule has 1 amide bonds. The minimum Gasteiger partial charge on any atom is -0.468 e. The molecule has 0 aromatic carbocycles. The smallest absolute Gasteiger partial charge is 0.325 e. The highest BCUT2D eigenvalue weighted by Gasteiger charge is 2.41. The molecule has 3 atom stereocenters. The maximum Gasteiger partial charge on any atom is 0.325 e. The Kier molecular flexibility index (Phi) is 4.51. The molecule has 0 radical (unpaired) electrons. The second-order valence-electron chi connectivity index (χ2n) is 7.18. The first-order valence-electron chi connectivity index (χ1n) is 8.53. The monoisotopic (exact) mass is 293 g/mol. The number of carbonyl (C=O) groups is 2. The number of carbonyl (C=O) groups excluding carboxylic acids is 2. The van der Waals surface area contributed by atoms with Crippen LogP contribution in [0.3, 0.4) is 0 Å². The summed E-state index contributed by atoms with van der Waals surface area (Å²) >= 11 is 0. The van der Waals surface area contributed by atoms with Gasteiger partial charge in [0, 0.05) is 12.5 Å². The molecule has 0 heterocycles. The molecule has 3 aliphatic rings. The van der Waals surface area contributed by atoms with Crippen LogP contribution < -0.4 is 0 Å². The van der Waals surface area contributed by atoms with Crippen LogP contribution in [0.2, 0.25) is 0 Å². The van der Waals surface area contributed by atoms with Gasteiger partial charge in [0.2, 0.25) is 5.91 Å². The Morgan fingerprint density at radius 1 is 1.10 bits per heavy atom. The van der Waals surface area contributed by atoms with Gasteiger partial charge in [0.25, 0.3) is 0 Å². The average molecular weight is 293 g/mol. The molecule has 3 saturated carbocycles. The van der Waals surface area contributed by atoms with E-state index in [4.69, 9.17) is 4.74 Å². The zero-order valence-corrected chi connectivity index (χ0v) is 13.1. The highest BCUT2D eigenvalue weighted by molar-refractivity contribution is 5.82. The summed E-state index contributed by atoms with van der Waals surface area (Å²) in [6.45, 7) is 0.140. The predicted octanol–water partition coefficient (Wildman–Crippen LogP) is 2.76. The normalized spacial score (nSPS) is 31.6. The molecular weight excluding hydrogens is 266 g/mol. The molecule has 0 aliphatic heterocycles. The first-order valence-corrected chi connectivity index (χ1v) is 8.53. The van der Waals surface area contributed by atoms with Crippen molar-refractivity contribution < 1.29 is 14.3 Å². The van der Waals surface area contributed by atoms with Crippen molar-refractivity contribution in [3.8, 4) is 0 Å². The summed E-state index contributed by atoms with van der Waals surface area (Å²) in [4.78, 5) is 26.2. The van der Waals surface area contributed by atoms with E-state index < -0.39 is 0 Å². The number of ether oxygens (including phenoxy) is 1. The summed E-state index contributed by atoms with van der Waals surface area (Å²) in [6.07, 6.45) is 10.3. The van der Waals surface area contributed by atoms with Crippen LogP contribution in [0.4, 0.5) is 0 Å². The second-order valence-corrected chi connectivity index (χ2v) is 7.18. The zero-order chi connectivity index (χ0) is 14.8. The Morgan fingerprint density at radius 2 is 1.86 bits per heavy atom. The van der Waals surface area contributed by atoms with Crippen LogP contribution in [0, 0.1) is 17.8 Å². The Labute approximate surface area is 127 Å². The molecule has 21 heavy (non-hydrogen) atoms. The molecule has 2 bridgehead atoms. The summed E-state index contributed by atoms with van der Waals surface area (Å²) in [5, 5.41) is 0. The van der Waals surface area contributed by atoms with Crippen LogP contribution in [0.15, 0.2) is 0 Å². The third-order valence-electron chi connectivity index (χ3n) is 5.93. The fraction of sp³-hybridized carbons (Fsp3) is 0.882. The van der Waals surface area contributed by atoms with Gasteiger partial charge in [0.1, 0.15) is 6.54 Å². The highest BCUT2D eigenvalue weighted by atomic mass is 16.5. The predicted molar refractivity (Wildman–Crippen MR) is 79.5 cm³/mol. The van der Waals surface area contributed by atoms with Gasteiger partial charge in [-0.3, -0.25) is 9.59 Å². The van der Waals surface area contributed by atoms with Gasteiger partial charge in [-0.1, -0.05) is 19.3 Å². The molecule has 3 unspecified atom stereocenters. The van der Waals surface area contributed by atoms with E-state index in [9.17, 15) is 9.59 Å². The van der Waals surface area contributed by atoms with Crippen molar-refractivity contribution in [1.29, 1.82) is 0 Å². The van der Waals surface area contributed by atoms with Crippen molar-refractivity contribution in [2.24, 2.45) is 17.8 Å². The number of esters is 1. The van der Waals surface area contributed by atoms with E-state index in [-0.39, 0.29) is 24.5 Å². The second kappa shape index (κ2) is 6.37. The maximum absolute atomic E-state index is 12.7. The van der Waals surface area contributed by atoms with Crippen LogP contribution in [0.5, 0.6) is 0 Å². The molecule has 3 rings (SSSR count). The highest BCUT2D eigenvalue weighted by Crippen LogP contribution is 2.49. The molecular formula is C17H27NO3. The third-order valence-corrected chi connectivity index (χ3v) is 5.93. The standard InChI is InChI=1S/C17H27NO3/c1-21-17(20)11-18(15-4-2-3-5-15)16(19)10-14-9-12-6-7-13(14)8-12/h12-15H,2-11H2,1H3. The van der Waals surface area contributed by atoms with Gasteiger partial charge in [-0.15, -0.1) is 0 Å². The quantitative estimate of drug-likeness (QED) is 0.732. The van der Waals surface area contributed by atoms with Gasteiger partial charge >= 0.3 is 5.97 Å². The van der Waals surface area contributed by atoms with Crippen LogP contribution in [-0.2, 0) is 14.3 Å². The average Bonchev–Trinajstić information content (AvgIpc) is 3.21. The molecule has 0 N–H and O–H groups in total. The molecule has 0 aromatic heterocycles. The molecule has 4 heteroatoms. The van der Waals surface area contributed by atoms with E-state index in [1.54, 1.807) is 0 Å². The Balaban J connectivity index is 1.61. The number of amides is 1. The number of rotatable bonds is 5. The van der Waals surface area contributed by atoms with Crippen molar-refractivity contribution in [2.75, 3.05) is 13.7 Å². The van der Waals surface area contributed by atoms with Crippen LogP contribution in [0.25, 0.3) is 0 Å². The van der Waals surface area contributed by atoms with E-state index >= 15 is 0 Å². The van der Waals surface area contributed by atoms with Crippen LogP contribution >= 0.6 is 0 Å². The SMILES string of the molecule is COC(=O)CN(C(=O)CC1CC2CCC1C2)C1CCCC1. The molecule has 0 saturated heterocycles. The molecule has 118 valence electrons. The summed E-state index contributed by atoms with van der Waals surface area (Å²) in [5.74, 6) is 2.10. The number of hydrogen-bond acceptors (Lipinski definition) is 3. The molecule has 0 aromatic rings. The summed E-state index contributed by atoms with van der Waals surface area (Å²) < 4.78 is 4.78. The van der Waals surface area contributed by atoms with E-state index in [0.717, 1.165) is 24.7 Å². The van der Waals surface area contributed by atoms with Crippen molar-refractivity contribution in [3.05, 3.63) is 0 Å². The minimum atomic E-state index is -0.289. The van der Waals surface area contributed by atoms with Gasteiger partial charge in [0.15, 0.2) is 0 Å². The van der Waals surface area contributed by atoms with Crippen molar-refractivity contribution in [1.82, 2.24) is 4.90 Å². The topological polar surface area (TPSA) is 46.6 Å². The fourth-order valence-corrected chi connectivity index (χ4v) is 4.81. The number of methoxy groups -OCH3 is 1. The van der Waals surface area contributed by atoms with Crippen molar-refractivity contribution in [3.63, 3.8) is 0 Å². The van der Waals surface area contributed by atoms with Gasteiger partial charge in [-0.25, -0.2) is 0 Å². The van der Waals surface area contributed by atoms with Crippen LogP contribution in [-0.4, -0.2) is 36.5 Å². The summed E-state index contributed by atoms with van der Waals surface area (Å²) in [7, 11) is 1.40. The van der Waals surface area contributed by atoms with E-state index in [2.05, 4.69) is 0 Å². The van der Waals surface area contributed by atoms with Gasteiger partial charge < -0.3 is 9.64 Å². The molecule has 4 nitrogen and oxygen atoms in total. The Morgan fingerprint density at radius 3 is 2.43 bits per heavy atom. The molecule has 0 spiro atoms. The molecule has 3 aliphatic carbocycles. The maximum atomic E-state index is 12.7. The lowest BCUT2D eigenvalue weighted by molar-refractivity contribution is -0.149. The van der Waals surface area contributed by atoms with E-state index in [0.29, 0.717) is 12.3 Å². The fourth-order valence-electron chi connectivity index (χ4n) is 4.81. The zero-order valence-electron chi connectivity index (χ0n) is 13.1. The lowest BCUT2D eigenvalue weighted by atomic mass is 9.86. The first-order chi connectivity index (χ1) is 10.2. The van der Waals surface area contributed by atoms with Crippen molar-refractivity contribution >= 4 is 11.9 Å².